The molecule has 2 rings (SSSR count). The summed E-state index contributed by atoms with van der Waals surface area (Å²) in [5.74, 6) is 1.18. The molecule has 0 spiro atoms. The number of benzene rings is 2. The van der Waals surface area contributed by atoms with E-state index in [-0.39, 0.29) is 22.2 Å². The Bertz CT molecular complexity index is 901. The minimum Gasteiger partial charge on any atom is -0.457 e. The van der Waals surface area contributed by atoms with Crippen LogP contribution < -0.4 is 4.74 Å². The van der Waals surface area contributed by atoms with Gasteiger partial charge in [-0.05, 0) is 41.7 Å². The predicted octanol–water partition coefficient (Wildman–Crippen LogP) is 6.63. The molecule has 2 aromatic carbocycles. The molecule has 0 saturated carbocycles. The van der Waals surface area contributed by atoms with Crippen molar-refractivity contribution in [3.05, 3.63) is 70.7 Å². The zero-order chi connectivity index (χ0) is 21.4. The highest BCUT2D eigenvalue weighted by Crippen LogP contribution is 2.31. The van der Waals surface area contributed by atoms with Gasteiger partial charge in [-0.2, -0.15) is 5.26 Å². The summed E-state index contributed by atoms with van der Waals surface area (Å²) in [7, 11) is 1.64. The number of halogens is 2. The third-order valence-corrected chi connectivity index (χ3v) is 4.80. The molecule has 0 bridgehead atoms. The van der Waals surface area contributed by atoms with E-state index in [1.54, 1.807) is 19.2 Å². The number of rotatable bonds is 8. The molecule has 1 unspecified atom stereocenters. The molecule has 0 aliphatic rings. The van der Waals surface area contributed by atoms with Crippen LogP contribution in [0.5, 0.6) is 11.5 Å². The van der Waals surface area contributed by atoms with Crippen LogP contribution in [0.1, 0.15) is 38.3 Å². The van der Waals surface area contributed by atoms with Crippen molar-refractivity contribution in [2.24, 2.45) is 5.41 Å². The van der Waals surface area contributed by atoms with Crippen LogP contribution in [0.4, 0.5) is 0 Å². The van der Waals surface area contributed by atoms with E-state index in [1.807, 2.05) is 62.4 Å². The van der Waals surface area contributed by atoms with E-state index in [0.717, 1.165) is 0 Å². The minimum atomic E-state index is -0.718. The third-order valence-electron chi connectivity index (χ3n) is 4.49. The number of amides is 1. The fourth-order valence-electron chi connectivity index (χ4n) is 2.86. The quantitative estimate of drug-likeness (QED) is 0.472. The maximum absolute atomic E-state index is 12.8. The van der Waals surface area contributed by atoms with E-state index in [1.165, 1.54) is 4.90 Å². The highest BCUT2D eigenvalue weighted by atomic mass is 35.5. The van der Waals surface area contributed by atoms with Crippen LogP contribution in [0.15, 0.2) is 65.2 Å². The van der Waals surface area contributed by atoms with Crippen LogP contribution in [0, 0.1) is 16.7 Å². The molecule has 0 N–H and O–H groups in total. The minimum absolute atomic E-state index is 0.130. The lowest BCUT2D eigenvalue weighted by Gasteiger charge is -2.28. The lowest BCUT2D eigenvalue weighted by Crippen LogP contribution is -2.33. The Kier molecular flexibility index (Phi) is 8.13. The van der Waals surface area contributed by atoms with Crippen molar-refractivity contribution in [2.75, 3.05) is 7.05 Å². The van der Waals surface area contributed by atoms with Crippen LogP contribution in [0.25, 0.3) is 0 Å². The SMILES string of the molecule is CN(C(=O)CC(C)(C)CC=C(Cl)Cl)C(C#N)c1cccc(Oc2ccccc2)c1. The van der Waals surface area contributed by atoms with E-state index in [4.69, 9.17) is 27.9 Å². The lowest BCUT2D eigenvalue weighted by atomic mass is 9.85. The average Bonchev–Trinajstić information content (AvgIpc) is 2.68. The second kappa shape index (κ2) is 10.3. The van der Waals surface area contributed by atoms with Gasteiger partial charge >= 0.3 is 0 Å². The molecule has 29 heavy (non-hydrogen) atoms. The standard InChI is InChI=1S/C23H24Cl2N2O2/c1-23(2,13-12-21(24)25)15-22(28)27(3)20(16-26)17-8-7-11-19(14-17)29-18-9-5-4-6-10-18/h4-12,14,20H,13,15H2,1-3H3. The summed E-state index contributed by atoms with van der Waals surface area (Å²) in [4.78, 5) is 14.3. The van der Waals surface area contributed by atoms with Gasteiger partial charge in [0.25, 0.3) is 0 Å². The van der Waals surface area contributed by atoms with Crippen molar-refractivity contribution in [3.63, 3.8) is 0 Å². The molecular weight excluding hydrogens is 407 g/mol. The van der Waals surface area contributed by atoms with E-state index in [2.05, 4.69) is 6.07 Å². The van der Waals surface area contributed by atoms with Crippen molar-refractivity contribution < 1.29 is 9.53 Å². The summed E-state index contributed by atoms with van der Waals surface area (Å²) >= 11 is 11.4. The van der Waals surface area contributed by atoms with Gasteiger partial charge in [0.1, 0.15) is 22.0 Å². The van der Waals surface area contributed by atoms with Crippen molar-refractivity contribution in [3.8, 4) is 17.6 Å². The topological polar surface area (TPSA) is 53.3 Å². The van der Waals surface area contributed by atoms with Crippen molar-refractivity contribution in [1.29, 1.82) is 5.26 Å². The number of carbonyl (C=O) groups is 1. The van der Waals surface area contributed by atoms with Gasteiger partial charge in [-0.1, -0.05) is 73.5 Å². The summed E-state index contributed by atoms with van der Waals surface area (Å²) in [5, 5.41) is 9.72. The van der Waals surface area contributed by atoms with E-state index >= 15 is 0 Å². The fraction of sp³-hybridized carbons (Fsp3) is 0.304. The monoisotopic (exact) mass is 430 g/mol. The first kappa shape index (κ1) is 22.8. The number of hydrogen-bond donors (Lipinski definition) is 0. The van der Waals surface area contributed by atoms with Gasteiger partial charge in [0.15, 0.2) is 0 Å². The predicted molar refractivity (Wildman–Crippen MR) is 117 cm³/mol. The molecule has 1 atom stereocenters. The van der Waals surface area contributed by atoms with Crippen molar-refractivity contribution in [1.82, 2.24) is 4.90 Å². The van der Waals surface area contributed by atoms with Gasteiger partial charge in [-0.15, -0.1) is 0 Å². The summed E-state index contributed by atoms with van der Waals surface area (Å²) < 4.78 is 6.03. The first-order chi connectivity index (χ1) is 13.7. The molecule has 0 aromatic heterocycles. The van der Waals surface area contributed by atoms with E-state index in [0.29, 0.717) is 23.5 Å². The molecule has 0 saturated heterocycles. The zero-order valence-corrected chi connectivity index (χ0v) is 18.2. The largest absolute Gasteiger partial charge is 0.457 e. The van der Waals surface area contributed by atoms with Crippen LogP contribution in [0.2, 0.25) is 0 Å². The smallest absolute Gasteiger partial charge is 0.224 e. The summed E-state index contributed by atoms with van der Waals surface area (Å²) in [6.07, 6.45) is 2.51. The Morgan fingerprint density at radius 1 is 1.17 bits per heavy atom. The van der Waals surface area contributed by atoms with Gasteiger partial charge in [0.05, 0.1) is 6.07 Å². The second-order valence-electron chi connectivity index (χ2n) is 7.56. The number of ether oxygens (including phenoxy) is 1. The number of nitrogens with zero attached hydrogens (tertiary/aromatic N) is 2. The molecular formula is C23H24Cl2N2O2. The van der Waals surface area contributed by atoms with Crippen LogP contribution in [-0.2, 0) is 4.79 Å². The van der Waals surface area contributed by atoms with E-state index < -0.39 is 6.04 Å². The van der Waals surface area contributed by atoms with Crippen molar-refractivity contribution >= 4 is 29.1 Å². The van der Waals surface area contributed by atoms with E-state index in [9.17, 15) is 10.1 Å². The normalized spacial score (nSPS) is 11.9. The maximum atomic E-state index is 12.8. The Labute approximate surface area is 182 Å². The van der Waals surface area contributed by atoms with Gasteiger partial charge in [0.2, 0.25) is 5.91 Å². The first-order valence-corrected chi connectivity index (χ1v) is 9.97. The average molecular weight is 431 g/mol. The number of allylic oxidation sites excluding steroid dienone is 1. The molecule has 2 aromatic rings. The molecule has 0 radical (unpaired) electrons. The van der Waals surface area contributed by atoms with Crippen LogP contribution in [0.3, 0.4) is 0 Å². The Balaban J connectivity index is 2.13. The van der Waals surface area contributed by atoms with Crippen LogP contribution in [-0.4, -0.2) is 17.9 Å². The Morgan fingerprint density at radius 3 is 2.45 bits per heavy atom. The molecule has 0 aliphatic heterocycles. The molecule has 152 valence electrons. The molecule has 0 fully saturated rings. The Morgan fingerprint density at radius 2 is 1.83 bits per heavy atom. The lowest BCUT2D eigenvalue weighted by molar-refractivity contribution is -0.133. The first-order valence-electron chi connectivity index (χ1n) is 9.21. The van der Waals surface area contributed by atoms with Gasteiger partial charge in [-0.25, -0.2) is 0 Å². The number of para-hydroxylation sites is 1. The van der Waals surface area contributed by atoms with Gasteiger partial charge in [0, 0.05) is 13.5 Å². The summed E-state index contributed by atoms with van der Waals surface area (Å²) in [6, 6.07) is 18.1. The molecule has 1 amide bonds. The number of nitriles is 1. The molecule has 4 nitrogen and oxygen atoms in total. The third kappa shape index (κ3) is 7.12. The Hall–Kier alpha value is -2.48. The molecule has 0 heterocycles. The van der Waals surface area contributed by atoms with Crippen molar-refractivity contribution in [2.45, 2.75) is 32.7 Å². The second-order valence-corrected chi connectivity index (χ2v) is 8.57. The highest BCUT2D eigenvalue weighted by Gasteiger charge is 2.27. The highest BCUT2D eigenvalue weighted by molar-refractivity contribution is 6.55. The zero-order valence-electron chi connectivity index (χ0n) is 16.7. The molecule has 0 aliphatic carbocycles. The summed E-state index contributed by atoms with van der Waals surface area (Å²) in [6.45, 7) is 3.92. The number of hydrogen-bond acceptors (Lipinski definition) is 3. The summed E-state index contributed by atoms with van der Waals surface area (Å²) in [5.41, 5.74) is 0.358. The molecule has 6 heteroatoms. The fourth-order valence-corrected chi connectivity index (χ4v) is 3.02. The van der Waals surface area contributed by atoms with Gasteiger partial charge < -0.3 is 9.64 Å². The van der Waals surface area contributed by atoms with Gasteiger partial charge in [-0.3, -0.25) is 4.79 Å². The number of carbonyl (C=O) groups excluding carboxylic acids is 1. The van der Waals surface area contributed by atoms with Crippen LogP contribution >= 0.6 is 23.2 Å². The maximum Gasteiger partial charge on any atom is 0.224 e.